The SMILES string of the molecule is O=C(O)N1CC[C@H](NC2CC2)[C@H](F)C1. The minimum Gasteiger partial charge on any atom is -0.465 e. The molecule has 0 bridgehead atoms. The number of halogens is 1. The van der Waals surface area contributed by atoms with Gasteiger partial charge in [-0.05, 0) is 19.3 Å². The fourth-order valence-electron chi connectivity index (χ4n) is 1.82. The molecular formula is C9H15FN2O2. The molecular weight excluding hydrogens is 187 g/mol. The third-order valence-corrected chi connectivity index (χ3v) is 2.84. The summed E-state index contributed by atoms with van der Waals surface area (Å²) in [6.07, 6.45) is 0.778. The zero-order valence-electron chi connectivity index (χ0n) is 7.95. The van der Waals surface area contributed by atoms with Crippen molar-refractivity contribution >= 4 is 6.09 Å². The van der Waals surface area contributed by atoms with Gasteiger partial charge >= 0.3 is 6.09 Å². The number of piperidine rings is 1. The summed E-state index contributed by atoms with van der Waals surface area (Å²) in [6.45, 7) is 0.458. The molecule has 5 heteroatoms. The maximum Gasteiger partial charge on any atom is 0.407 e. The van der Waals surface area contributed by atoms with E-state index >= 15 is 0 Å². The average molecular weight is 202 g/mol. The van der Waals surface area contributed by atoms with E-state index in [9.17, 15) is 9.18 Å². The normalized spacial score (nSPS) is 33.1. The maximum atomic E-state index is 13.5. The van der Waals surface area contributed by atoms with Crippen LogP contribution in [0.2, 0.25) is 0 Å². The molecule has 0 spiro atoms. The first-order valence-corrected chi connectivity index (χ1v) is 5.05. The van der Waals surface area contributed by atoms with Crippen LogP contribution in [0, 0.1) is 0 Å². The average Bonchev–Trinajstić information content (AvgIpc) is 2.92. The van der Waals surface area contributed by atoms with E-state index in [1.54, 1.807) is 0 Å². The van der Waals surface area contributed by atoms with E-state index in [0.29, 0.717) is 19.0 Å². The summed E-state index contributed by atoms with van der Waals surface area (Å²) in [5.41, 5.74) is 0. The third kappa shape index (κ3) is 2.15. The van der Waals surface area contributed by atoms with Crippen LogP contribution in [0.1, 0.15) is 19.3 Å². The van der Waals surface area contributed by atoms with Crippen LogP contribution < -0.4 is 5.32 Å². The number of nitrogens with one attached hydrogen (secondary N) is 1. The molecule has 0 aromatic heterocycles. The van der Waals surface area contributed by atoms with Crippen molar-refractivity contribution in [1.82, 2.24) is 10.2 Å². The first-order chi connectivity index (χ1) is 6.66. The van der Waals surface area contributed by atoms with Crippen molar-refractivity contribution in [3.05, 3.63) is 0 Å². The molecule has 2 rings (SSSR count). The van der Waals surface area contributed by atoms with Crippen LogP contribution in [0.15, 0.2) is 0 Å². The van der Waals surface area contributed by atoms with Crippen molar-refractivity contribution in [2.75, 3.05) is 13.1 Å². The van der Waals surface area contributed by atoms with Gasteiger partial charge in [-0.3, -0.25) is 0 Å². The lowest BCUT2D eigenvalue weighted by atomic mass is 10.0. The fourth-order valence-corrected chi connectivity index (χ4v) is 1.82. The van der Waals surface area contributed by atoms with Crippen molar-refractivity contribution in [1.29, 1.82) is 0 Å². The Labute approximate surface area is 82.1 Å². The fraction of sp³-hybridized carbons (Fsp3) is 0.889. The monoisotopic (exact) mass is 202 g/mol. The third-order valence-electron chi connectivity index (χ3n) is 2.84. The van der Waals surface area contributed by atoms with Crippen LogP contribution in [0.4, 0.5) is 9.18 Å². The molecule has 1 aliphatic carbocycles. The highest BCUT2D eigenvalue weighted by molar-refractivity contribution is 5.65. The van der Waals surface area contributed by atoms with Gasteiger partial charge in [-0.25, -0.2) is 9.18 Å². The molecule has 80 valence electrons. The lowest BCUT2D eigenvalue weighted by Gasteiger charge is -2.33. The Morgan fingerprint density at radius 3 is 2.64 bits per heavy atom. The highest BCUT2D eigenvalue weighted by atomic mass is 19.1. The van der Waals surface area contributed by atoms with Crippen molar-refractivity contribution in [2.24, 2.45) is 0 Å². The van der Waals surface area contributed by atoms with Crippen LogP contribution in [0.25, 0.3) is 0 Å². The van der Waals surface area contributed by atoms with E-state index in [1.807, 2.05) is 0 Å². The quantitative estimate of drug-likeness (QED) is 0.697. The number of hydrogen-bond acceptors (Lipinski definition) is 2. The second kappa shape index (κ2) is 3.73. The molecule has 4 nitrogen and oxygen atoms in total. The minimum absolute atomic E-state index is 0.0136. The molecule has 14 heavy (non-hydrogen) atoms. The van der Waals surface area contributed by atoms with Crippen LogP contribution in [-0.2, 0) is 0 Å². The standard InChI is InChI=1S/C9H15FN2O2/c10-7-5-12(9(13)14)4-3-8(7)11-6-1-2-6/h6-8,11H,1-5H2,(H,13,14)/t7-,8+/m1/s1. The molecule has 1 heterocycles. The van der Waals surface area contributed by atoms with Crippen LogP contribution in [0.3, 0.4) is 0 Å². The van der Waals surface area contributed by atoms with Crippen molar-refractivity contribution in [3.8, 4) is 0 Å². The molecule has 2 atom stereocenters. The largest absolute Gasteiger partial charge is 0.465 e. The smallest absolute Gasteiger partial charge is 0.407 e. The van der Waals surface area contributed by atoms with E-state index < -0.39 is 12.3 Å². The van der Waals surface area contributed by atoms with Gasteiger partial charge < -0.3 is 15.3 Å². The Kier molecular flexibility index (Phi) is 2.58. The van der Waals surface area contributed by atoms with Gasteiger partial charge in [0.05, 0.1) is 6.54 Å². The Balaban J connectivity index is 1.82. The van der Waals surface area contributed by atoms with Crippen LogP contribution >= 0.6 is 0 Å². The van der Waals surface area contributed by atoms with Gasteiger partial charge in [0.2, 0.25) is 0 Å². The molecule has 1 saturated heterocycles. The van der Waals surface area contributed by atoms with Gasteiger partial charge in [0, 0.05) is 18.6 Å². The minimum atomic E-state index is -1.06. The van der Waals surface area contributed by atoms with E-state index in [4.69, 9.17) is 5.11 Å². The predicted octanol–water partition coefficient (Wildman–Crippen LogP) is 0.829. The van der Waals surface area contributed by atoms with Gasteiger partial charge in [0.25, 0.3) is 0 Å². The molecule has 0 radical (unpaired) electrons. The van der Waals surface area contributed by atoms with Gasteiger partial charge in [-0.15, -0.1) is 0 Å². The van der Waals surface area contributed by atoms with E-state index in [0.717, 1.165) is 17.7 Å². The number of carboxylic acid groups (broad SMARTS) is 1. The van der Waals surface area contributed by atoms with Crippen LogP contribution in [-0.4, -0.2) is 47.4 Å². The van der Waals surface area contributed by atoms with Crippen molar-refractivity contribution in [3.63, 3.8) is 0 Å². The molecule has 0 aromatic carbocycles. The zero-order chi connectivity index (χ0) is 10.1. The molecule has 2 fully saturated rings. The molecule has 2 N–H and O–H groups in total. The topological polar surface area (TPSA) is 52.6 Å². The summed E-state index contributed by atoms with van der Waals surface area (Å²) in [4.78, 5) is 11.7. The van der Waals surface area contributed by atoms with Crippen molar-refractivity contribution in [2.45, 2.75) is 37.5 Å². The highest BCUT2D eigenvalue weighted by Gasteiger charge is 2.34. The molecule has 2 aliphatic rings. The van der Waals surface area contributed by atoms with Crippen LogP contribution in [0.5, 0.6) is 0 Å². The molecule has 0 aromatic rings. The second-order valence-electron chi connectivity index (χ2n) is 4.08. The first kappa shape index (κ1) is 9.71. The summed E-state index contributed by atoms with van der Waals surface area (Å²) >= 11 is 0. The second-order valence-corrected chi connectivity index (χ2v) is 4.08. The summed E-state index contributed by atoms with van der Waals surface area (Å²) in [5.74, 6) is 0. The number of carbonyl (C=O) groups is 1. The van der Waals surface area contributed by atoms with Gasteiger partial charge in [-0.1, -0.05) is 0 Å². The number of amides is 1. The van der Waals surface area contributed by atoms with Gasteiger partial charge in [0.1, 0.15) is 6.17 Å². The summed E-state index contributed by atoms with van der Waals surface area (Å²) < 4.78 is 13.5. The number of likely N-dealkylation sites (tertiary alicyclic amines) is 1. The Morgan fingerprint density at radius 2 is 2.14 bits per heavy atom. The van der Waals surface area contributed by atoms with E-state index in [-0.39, 0.29) is 12.6 Å². The summed E-state index contributed by atoms with van der Waals surface area (Å²) in [6, 6.07) is 0.340. The Bertz CT molecular complexity index is 233. The number of alkyl halides is 1. The van der Waals surface area contributed by atoms with E-state index in [2.05, 4.69) is 5.32 Å². The lowest BCUT2D eigenvalue weighted by Crippen LogP contribution is -2.52. The molecule has 1 aliphatic heterocycles. The molecule has 1 saturated carbocycles. The first-order valence-electron chi connectivity index (χ1n) is 5.05. The number of nitrogens with zero attached hydrogens (tertiary/aromatic N) is 1. The summed E-state index contributed by atoms with van der Waals surface area (Å²) in [7, 11) is 0. The molecule has 1 amide bonds. The maximum absolute atomic E-state index is 13.5. The number of hydrogen-bond donors (Lipinski definition) is 2. The zero-order valence-corrected chi connectivity index (χ0v) is 7.95. The predicted molar refractivity (Wildman–Crippen MR) is 49.1 cm³/mol. The summed E-state index contributed by atoms with van der Waals surface area (Å²) in [5, 5.41) is 11.9. The Morgan fingerprint density at radius 1 is 1.43 bits per heavy atom. The van der Waals surface area contributed by atoms with Crippen molar-refractivity contribution < 1.29 is 14.3 Å². The Hall–Kier alpha value is -0.840. The molecule has 0 unspecified atom stereocenters. The highest BCUT2D eigenvalue weighted by Crippen LogP contribution is 2.23. The van der Waals surface area contributed by atoms with Gasteiger partial charge in [0.15, 0.2) is 0 Å². The van der Waals surface area contributed by atoms with Gasteiger partial charge in [-0.2, -0.15) is 0 Å². The van der Waals surface area contributed by atoms with E-state index in [1.165, 1.54) is 0 Å². The number of rotatable bonds is 2. The lowest BCUT2D eigenvalue weighted by molar-refractivity contribution is 0.0881.